The molecule has 0 unspecified atom stereocenters. The van der Waals surface area contributed by atoms with E-state index in [0.29, 0.717) is 11.1 Å². The molecule has 1 aliphatic carbocycles. The molecule has 0 aromatic carbocycles. The number of allylic oxidation sites excluding steroid dienone is 3. The number of aliphatic carboxylic acids is 1. The number of hydrogen-bond donors (Lipinski definition) is 1. The molecule has 0 aromatic heterocycles. The van der Waals surface area contributed by atoms with Gasteiger partial charge in [-0.3, -0.25) is 14.4 Å². The molecule has 1 aliphatic rings. The second-order valence-corrected chi connectivity index (χ2v) is 4.54. The molecule has 17 heavy (non-hydrogen) atoms. The first-order chi connectivity index (χ1) is 7.79. The van der Waals surface area contributed by atoms with Crippen LogP contribution in [0.25, 0.3) is 0 Å². The maximum absolute atomic E-state index is 11.6. The van der Waals surface area contributed by atoms with Crippen LogP contribution >= 0.6 is 0 Å². The Hall–Kier alpha value is -1.71. The van der Waals surface area contributed by atoms with Crippen LogP contribution in [0.15, 0.2) is 23.3 Å². The molecule has 1 atom stereocenters. The highest BCUT2D eigenvalue weighted by Gasteiger charge is 2.41. The van der Waals surface area contributed by atoms with E-state index >= 15 is 0 Å². The third-order valence-electron chi connectivity index (χ3n) is 3.23. The SMILES string of the molecule is CC(=O)/C=C/C1=C(C)C(=O)CC[C@]1(C)C(=O)O. The van der Waals surface area contributed by atoms with E-state index in [0.717, 1.165) is 0 Å². The summed E-state index contributed by atoms with van der Waals surface area (Å²) in [5.74, 6) is -1.18. The number of Topliss-reactive ketones (excluding diaryl/α,β-unsaturated/α-hetero) is 1. The number of hydrogen-bond acceptors (Lipinski definition) is 3. The smallest absolute Gasteiger partial charge is 0.313 e. The molecule has 0 fully saturated rings. The molecule has 0 heterocycles. The first kappa shape index (κ1) is 13.4. The predicted octanol–water partition coefficient (Wildman–Crippen LogP) is 1.90. The van der Waals surface area contributed by atoms with Crippen molar-refractivity contribution in [3.63, 3.8) is 0 Å². The second kappa shape index (κ2) is 4.65. The highest BCUT2D eigenvalue weighted by molar-refractivity contribution is 6.00. The molecule has 0 bridgehead atoms. The van der Waals surface area contributed by atoms with Gasteiger partial charge in [0.05, 0.1) is 5.41 Å². The molecule has 0 saturated carbocycles. The van der Waals surface area contributed by atoms with Gasteiger partial charge < -0.3 is 5.11 Å². The van der Waals surface area contributed by atoms with Gasteiger partial charge in [-0.15, -0.1) is 0 Å². The fraction of sp³-hybridized carbons (Fsp3) is 0.462. The summed E-state index contributed by atoms with van der Waals surface area (Å²) < 4.78 is 0. The van der Waals surface area contributed by atoms with Crippen LogP contribution in [-0.4, -0.2) is 22.6 Å². The van der Waals surface area contributed by atoms with Crippen molar-refractivity contribution in [2.24, 2.45) is 5.41 Å². The first-order valence-corrected chi connectivity index (χ1v) is 5.45. The Morgan fingerprint density at radius 1 is 1.41 bits per heavy atom. The normalized spacial score (nSPS) is 25.5. The minimum absolute atomic E-state index is 0.0491. The van der Waals surface area contributed by atoms with Gasteiger partial charge in [-0.25, -0.2) is 0 Å². The number of carbonyl (C=O) groups is 3. The molecule has 0 aromatic rings. The van der Waals surface area contributed by atoms with Crippen molar-refractivity contribution in [2.75, 3.05) is 0 Å². The molecule has 4 heteroatoms. The lowest BCUT2D eigenvalue weighted by atomic mass is 9.70. The van der Waals surface area contributed by atoms with Crippen LogP contribution in [0.4, 0.5) is 0 Å². The maximum Gasteiger partial charge on any atom is 0.313 e. The Bertz CT molecular complexity index is 442. The van der Waals surface area contributed by atoms with Crippen molar-refractivity contribution in [1.82, 2.24) is 0 Å². The van der Waals surface area contributed by atoms with E-state index in [1.54, 1.807) is 13.8 Å². The monoisotopic (exact) mass is 236 g/mol. The highest BCUT2D eigenvalue weighted by atomic mass is 16.4. The van der Waals surface area contributed by atoms with E-state index < -0.39 is 11.4 Å². The fourth-order valence-corrected chi connectivity index (χ4v) is 1.98. The van der Waals surface area contributed by atoms with Gasteiger partial charge in [-0.1, -0.05) is 6.08 Å². The number of carboxylic acids is 1. The quantitative estimate of drug-likeness (QED) is 0.760. The van der Waals surface area contributed by atoms with Gasteiger partial charge >= 0.3 is 5.97 Å². The van der Waals surface area contributed by atoms with E-state index in [1.807, 2.05) is 0 Å². The highest BCUT2D eigenvalue weighted by Crippen LogP contribution is 2.40. The maximum atomic E-state index is 11.6. The summed E-state index contributed by atoms with van der Waals surface area (Å²) >= 11 is 0. The number of ketones is 2. The Morgan fingerprint density at radius 3 is 2.47 bits per heavy atom. The zero-order valence-corrected chi connectivity index (χ0v) is 10.2. The van der Waals surface area contributed by atoms with Crippen LogP contribution in [0.2, 0.25) is 0 Å². The average molecular weight is 236 g/mol. The van der Waals surface area contributed by atoms with E-state index in [2.05, 4.69) is 0 Å². The number of carboxylic acid groups (broad SMARTS) is 1. The molecule has 0 spiro atoms. The third kappa shape index (κ3) is 2.52. The molecular formula is C13H16O4. The standard InChI is InChI=1S/C13H16O4/c1-8(14)4-5-10-9(2)11(15)6-7-13(10,3)12(16)17/h4-5H,6-7H2,1-3H3,(H,16,17)/b5-4+/t13-/m0/s1. The topological polar surface area (TPSA) is 71.4 Å². The summed E-state index contributed by atoms with van der Waals surface area (Å²) in [4.78, 5) is 33.8. The average Bonchev–Trinajstić information content (AvgIpc) is 2.23. The molecule has 92 valence electrons. The second-order valence-electron chi connectivity index (χ2n) is 4.54. The predicted molar refractivity (Wildman–Crippen MR) is 62.5 cm³/mol. The molecular weight excluding hydrogens is 220 g/mol. The van der Waals surface area contributed by atoms with Gasteiger partial charge in [-0.05, 0) is 44.4 Å². The minimum atomic E-state index is -1.08. The largest absolute Gasteiger partial charge is 0.481 e. The van der Waals surface area contributed by atoms with E-state index in [9.17, 15) is 19.5 Å². The minimum Gasteiger partial charge on any atom is -0.481 e. The molecule has 1 rings (SSSR count). The first-order valence-electron chi connectivity index (χ1n) is 5.45. The van der Waals surface area contributed by atoms with Crippen LogP contribution in [-0.2, 0) is 14.4 Å². The van der Waals surface area contributed by atoms with Gasteiger partial charge in [0, 0.05) is 6.42 Å². The fourth-order valence-electron chi connectivity index (χ4n) is 1.98. The van der Waals surface area contributed by atoms with Crippen molar-refractivity contribution >= 4 is 17.5 Å². The van der Waals surface area contributed by atoms with Crippen molar-refractivity contribution < 1.29 is 19.5 Å². The van der Waals surface area contributed by atoms with Crippen molar-refractivity contribution in [3.05, 3.63) is 23.3 Å². The van der Waals surface area contributed by atoms with Crippen LogP contribution in [0.5, 0.6) is 0 Å². The van der Waals surface area contributed by atoms with Gasteiger partial charge in [0.2, 0.25) is 0 Å². The Labute approximate surface area is 100 Å². The zero-order valence-electron chi connectivity index (χ0n) is 10.2. The van der Waals surface area contributed by atoms with Gasteiger partial charge in [0.25, 0.3) is 0 Å². The lowest BCUT2D eigenvalue weighted by Crippen LogP contribution is -2.34. The molecule has 1 N–H and O–H groups in total. The lowest BCUT2D eigenvalue weighted by molar-refractivity contribution is -0.146. The summed E-state index contributed by atoms with van der Waals surface area (Å²) in [6.07, 6.45) is 3.28. The van der Waals surface area contributed by atoms with Crippen LogP contribution < -0.4 is 0 Å². The van der Waals surface area contributed by atoms with Crippen molar-refractivity contribution in [3.8, 4) is 0 Å². The summed E-state index contributed by atoms with van der Waals surface area (Å²) in [5.41, 5.74) is -0.195. The summed E-state index contributed by atoms with van der Waals surface area (Å²) in [6, 6.07) is 0. The zero-order chi connectivity index (χ0) is 13.2. The van der Waals surface area contributed by atoms with Crippen LogP contribution in [0.3, 0.4) is 0 Å². The van der Waals surface area contributed by atoms with E-state index in [4.69, 9.17) is 0 Å². The molecule has 0 radical (unpaired) electrons. The Kier molecular flexibility index (Phi) is 3.66. The van der Waals surface area contributed by atoms with Gasteiger partial charge in [0.15, 0.2) is 11.6 Å². The van der Waals surface area contributed by atoms with Gasteiger partial charge in [-0.2, -0.15) is 0 Å². The van der Waals surface area contributed by atoms with E-state index in [-0.39, 0.29) is 24.4 Å². The lowest BCUT2D eigenvalue weighted by Gasteiger charge is -2.31. The molecule has 4 nitrogen and oxygen atoms in total. The summed E-state index contributed by atoms with van der Waals surface area (Å²) in [6.45, 7) is 4.59. The molecule has 0 aliphatic heterocycles. The van der Waals surface area contributed by atoms with E-state index in [1.165, 1.54) is 19.1 Å². The van der Waals surface area contributed by atoms with Crippen molar-refractivity contribution in [2.45, 2.75) is 33.6 Å². The Morgan fingerprint density at radius 2 is 2.00 bits per heavy atom. The summed E-state index contributed by atoms with van der Waals surface area (Å²) in [7, 11) is 0. The summed E-state index contributed by atoms with van der Waals surface area (Å²) in [5, 5.41) is 9.27. The van der Waals surface area contributed by atoms with Crippen LogP contribution in [0, 0.1) is 5.41 Å². The molecule has 0 amide bonds. The molecule has 0 saturated heterocycles. The van der Waals surface area contributed by atoms with Gasteiger partial charge in [0.1, 0.15) is 0 Å². The Balaban J connectivity index is 3.30. The van der Waals surface area contributed by atoms with Crippen LogP contribution in [0.1, 0.15) is 33.6 Å². The number of rotatable bonds is 3. The van der Waals surface area contributed by atoms with Crippen molar-refractivity contribution in [1.29, 1.82) is 0 Å². The number of carbonyl (C=O) groups excluding carboxylic acids is 2. The third-order valence-corrected chi connectivity index (χ3v) is 3.23.